The third kappa shape index (κ3) is 3.84. The van der Waals surface area contributed by atoms with E-state index in [4.69, 9.17) is 10.00 Å². The number of nitrogens with one attached hydrogen (secondary N) is 1. The lowest BCUT2D eigenvalue weighted by molar-refractivity contribution is 0.276. The van der Waals surface area contributed by atoms with E-state index in [1.54, 1.807) is 6.92 Å². The molecule has 0 saturated heterocycles. The first-order chi connectivity index (χ1) is 7.67. The van der Waals surface area contributed by atoms with Crippen LogP contribution in [-0.4, -0.2) is 12.6 Å². The van der Waals surface area contributed by atoms with Gasteiger partial charge in [0.05, 0.1) is 0 Å². The van der Waals surface area contributed by atoms with Crippen LogP contribution in [0.25, 0.3) is 0 Å². The van der Waals surface area contributed by atoms with E-state index in [0.717, 1.165) is 28.9 Å². The van der Waals surface area contributed by atoms with Crippen LogP contribution < -0.4 is 10.1 Å². The van der Waals surface area contributed by atoms with Gasteiger partial charge in [0.1, 0.15) is 11.8 Å². The highest BCUT2D eigenvalue weighted by atomic mass is 79.9. The number of ether oxygens (including phenoxy) is 1. The Morgan fingerprint density at radius 3 is 2.94 bits per heavy atom. The second kappa shape index (κ2) is 6.51. The lowest BCUT2D eigenvalue weighted by Gasteiger charge is -2.11. The second-order valence-corrected chi connectivity index (χ2v) is 4.28. The van der Waals surface area contributed by atoms with Gasteiger partial charge in [-0.15, -0.1) is 0 Å². The molecule has 1 unspecified atom stereocenters. The third-order valence-corrected chi connectivity index (χ3v) is 2.85. The smallest absolute Gasteiger partial charge is 0.181 e. The van der Waals surface area contributed by atoms with Crippen LogP contribution in [0.15, 0.2) is 22.7 Å². The SMILES string of the molecule is CCNCc1cc(OC(C)C#N)ccc1Br. The molecule has 0 radical (unpaired) electrons. The summed E-state index contributed by atoms with van der Waals surface area (Å²) in [6, 6.07) is 7.78. The van der Waals surface area contributed by atoms with E-state index in [9.17, 15) is 0 Å². The lowest BCUT2D eigenvalue weighted by atomic mass is 10.2. The van der Waals surface area contributed by atoms with Crippen LogP contribution >= 0.6 is 15.9 Å². The van der Waals surface area contributed by atoms with E-state index >= 15 is 0 Å². The van der Waals surface area contributed by atoms with Crippen molar-refractivity contribution in [3.8, 4) is 11.8 Å². The highest BCUT2D eigenvalue weighted by Gasteiger charge is 2.05. The van der Waals surface area contributed by atoms with Crippen molar-refractivity contribution in [3.05, 3.63) is 28.2 Å². The number of hydrogen-bond acceptors (Lipinski definition) is 3. The van der Waals surface area contributed by atoms with Gasteiger partial charge >= 0.3 is 0 Å². The molecule has 0 aliphatic heterocycles. The molecular weight excluding hydrogens is 268 g/mol. The minimum absolute atomic E-state index is 0.423. The van der Waals surface area contributed by atoms with Crippen LogP contribution in [0.3, 0.4) is 0 Å². The normalized spacial score (nSPS) is 11.9. The average Bonchev–Trinajstić information content (AvgIpc) is 2.29. The van der Waals surface area contributed by atoms with Gasteiger partial charge in [0, 0.05) is 11.0 Å². The monoisotopic (exact) mass is 282 g/mol. The molecule has 3 nitrogen and oxygen atoms in total. The fraction of sp³-hybridized carbons (Fsp3) is 0.417. The van der Waals surface area contributed by atoms with Crippen LogP contribution in [0.2, 0.25) is 0 Å². The van der Waals surface area contributed by atoms with E-state index in [0.29, 0.717) is 0 Å². The molecule has 0 saturated carbocycles. The zero-order valence-corrected chi connectivity index (χ0v) is 11.0. The molecule has 0 heterocycles. The Balaban J connectivity index is 2.77. The molecule has 16 heavy (non-hydrogen) atoms. The van der Waals surface area contributed by atoms with Crippen LogP contribution in [0.1, 0.15) is 19.4 Å². The largest absolute Gasteiger partial charge is 0.476 e. The quantitative estimate of drug-likeness (QED) is 0.903. The highest BCUT2D eigenvalue weighted by molar-refractivity contribution is 9.10. The molecule has 4 heteroatoms. The van der Waals surface area contributed by atoms with Crippen LogP contribution in [0.5, 0.6) is 5.75 Å². The van der Waals surface area contributed by atoms with Gasteiger partial charge in [0.25, 0.3) is 0 Å². The Labute approximate surface area is 105 Å². The topological polar surface area (TPSA) is 45.0 Å². The molecule has 86 valence electrons. The Morgan fingerprint density at radius 2 is 2.31 bits per heavy atom. The van der Waals surface area contributed by atoms with Crippen molar-refractivity contribution < 1.29 is 4.74 Å². The molecule has 0 bridgehead atoms. The molecule has 0 aliphatic rings. The maximum atomic E-state index is 8.66. The predicted octanol–water partition coefficient (Wildman–Crippen LogP) is 2.85. The standard InChI is InChI=1S/C12H15BrN2O/c1-3-15-8-10-6-11(4-5-12(10)13)16-9(2)7-14/h4-6,9,15H,3,8H2,1-2H3. The summed E-state index contributed by atoms with van der Waals surface area (Å²) in [7, 11) is 0. The first kappa shape index (κ1) is 13.0. The third-order valence-electron chi connectivity index (χ3n) is 2.08. The van der Waals surface area contributed by atoms with E-state index in [1.807, 2.05) is 24.3 Å². The molecule has 0 aromatic heterocycles. The van der Waals surface area contributed by atoms with Crippen molar-refractivity contribution in [3.63, 3.8) is 0 Å². The van der Waals surface area contributed by atoms with Gasteiger partial charge in [-0.1, -0.05) is 22.9 Å². The van der Waals surface area contributed by atoms with Crippen LogP contribution in [0, 0.1) is 11.3 Å². The second-order valence-electron chi connectivity index (χ2n) is 3.42. The van der Waals surface area contributed by atoms with Crippen LogP contribution in [-0.2, 0) is 6.54 Å². The van der Waals surface area contributed by atoms with Crippen molar-refractivity contribution in [2.24, 2.45) is 0 Å². The van der Waals surface area contributed by atoms with Gasteiger partial charge < -0.3 is 10.1 Å². The number of halogens is 1. The summed E-state index contributed by atoms with van der Waals surface area (Å²) in [4.78, 5) is 0. The van der Waals surface area contributed by atoms with Gasteiger partial charge in [-0.2, -0.15) is 5.26 Å². The summed E-state index contributed by atoms with van der Waals surface area (Å²) in [5.41, 5.74) is 1.13. The van der Waals surface area contributed by atoms with E-state index < -0.39 is 6.10 Å². The minimum atomic E-state index is -0.423. The van der Waals surface area contributed by atoms with Gasteiger partial charge in [-0.05, 0) is 37.2 Å². The summed E-state index contributed by atoms with van der Waals surface area (Å²) < 4.78 is 6.48. The summed E-state index contributed by atoms with van der Waals surface area (Å²) in [6.45, 7) is 5.50. The van der Waals surface area contributed by atoms with Crippen molar-refractivity contribution in [2.45, 2.75) is 26.5 Å². The zero-order valence-electron chi connectivity index (χ0n) is 9.46. The van der Waals surface area contributed by atoms with Crippen molar-refractivity contribution in [2.75, 3.05) is 6.54 Å². The summed E-state index contributed by atoms with van der Waals surface area (Å²) in [6.07, 6.45) is -0.423. The Bertz CT molecular complexity index is 387. The van der Waals surface area contributed by atoms with Crippen LogP contribution in [0.4, 0.5) is 0 Å². The van der Waals surface area contributed by atoms with E-state index in [2.05, 4.69) is 28.2 Å². The molecule has 0 aliphatic carbocycles. The number of rotatable bonds is 5. The summed E-state index contributed by atoms with van der Waals surface area (Å²) in [5, 5.41) is 11.9. The maximum Gasteiger partial charge on any atom is 0.181 e. The van der Waals surface area contributed by atoms with Gasteiger partial charge in [-0.3, -0.25) is 0 Å². The first-order valence-corrected chi connectivity index (χ1v) is 6.02. The first-order valence-electron chi connectivity index (χ1n) is 5.22. The van der Waals surface area contributed by atoms with Crippen molar-refractivity contribution >= 4 is 15.9 Å². The summed E-state index contributed by atoms with van der Waals surface area (Å²) in [5.74, 6) is 0.727. The fourth-order valence-corrected chi connectivity index (χ4v) is 1.64. The molecule has 1 aromatic carbocycles. The van der Waals surface area contributed by atoms with E-state index in [-0.39, 0.29) is 0 Å². The Hall–Kier alpha value is -1.05. The average molecular weight is 283 g/mol. The number of hydrogen-bond donors (Lipinski definition) is 1. The molecule has 1 N–H and O–H groups in total. The van der Waals surface area contributed by atoms with Crippen molar-refractivity contribution in [1.82, 2.24) is 5.32 Å². The van der Waals surface area contributed by atoms with Crippen molar-refractivity contribution in [1.29, 1.82) is 5.26 Å². The van der Waals surface area contributed by atoms with Gasteiger partial charge in [0.15, 0.2) is 6.10 Å². The lowest BCUT2D eigenvalue weighted by Crippen LogP contribution is -2.13. The maximum absolute atomic E-state index is 8.66. The zero-order chi connectivity index (χ0) is 12.0. The molecule has 0 amide bonds. The number of benzene rings is 1. The molecular formula is C12H15BrN2O. The number of nitriles is 1. The molecule has 0 fully saturated rings. The minimum Gasteiger partial charge on any atom is -0.476 e. The predicted molar refractivity (Wildman–Crippen MR) is 67.2 cm³/mol. The summed E-state index contributed by atoms with van der Waals surface area (Å²) >= 11 is 3.48. The number of nitrogens with zero attached hydrogens (tertiary/aromatic N) is 1. The molecule has 1 rings (SSSR count). The van der Waals surface area contributed by atoms with Gasteiger partial charge in [-0.25, -0.2) is 0 Å². The van der Waals surface area contributed by atoms with Gasteiger partial charge in [0.2, 0.25) is 0 Å². The molecule has 1 aromatic rings. The molecule has 1 atom stereocenters. The fourth-order valence-electron chi connectivity index (χ4n) is 1.25. The molecule has 0 spiro atoms. The Kier molecular flexibility index (Phi) is 5.30. The Morgan fingerprint density at radius 1 is 1.56 bits per heavy atom. The van der Waals surface area contributed by atoms with E-state index in [1.165, 1.54) is 0 Å². The highest BCUT2D eigenvalue weighted by Crippen LogP contribution is 2.23.